The average Bonchev–Trinajstić information content (AvgIpc) is 2.41. The van der Waals surface area contributed by atoms with Gasteiger partial charge >= 0.3 is 0 Å². The minimum atomic E-state index is -0.309. The second kappa shape index (κ2) is 2.87. The molecule has 76 valence electrons. The van der Waals surface area contributed by atoms with Crippen molar-refractivity contribution in [2.75, 3.05) is 19.0 Å². The van der Waals surface area contributed by atoms with E-state index in [0.717, 1.165) is 17.8 Å². The lowest BCUT2D eigenvalue weighted by molar-refractivity contribution is 0.385. The molecule has 0 aromatic heterocycles. The largest absolute Gasteiger partial charge is 0.494 e. The molecule has 0 unspecified atom stereocenters. The highest BCUT2D eigenvalue weighted by atomic mass is 19.1. The molecule has 1 N–H and O–H groups in total. The van der Waals surface area contributed by atoms with Gasteiger partial charge in [-0.2, -0.15) is 0 Å². The molecule has 1 aliphatic rings. The number of hydrogen-bond acceptors (Lipinski definition) is 2. The summed E-state index contributed by atoms with van der Waals surface area (Å²) in [7, 11) is 1.49. The van der Waals surface area contributed by atoms with Gasteiger partial charge in [0.2, 0.25) is 0 Å². The van der Waals surface area contributed by atoms with E-state index in [0.29, 0.717) is 5.75 Å². The molecule has 0 saturated heterocycles. The number of hydrogen-bond donors (Lipinski definition) is 1. The maximum Gasteiger partial charge on any atom is 0.167 e. The first kappa shape index (κ1) is 9.31. The molecular weight excluding hydrogens is 181 g/mol. The molecule has 3 heteroatoms. The molecule has 0 bridgehead atoms. The Hall–Kier alpha value is -1.25. The van der Waals surface area contributed by atoms with Crippen LogP contribution in [0.25, 0.3) is 0 Å². The van der Waals surface area contributed by atoms with Crippen LogP contribution in [-0.4, -0.2) is 13.7 Å². The Bertz CT molecular complexity index is 374. The number of methoxy groups -OCH3 is 1. The van der Waals surface area contributed by atoms with E-state index in [2.05, 4.69) is 19.2 Å². The first-order chi connectivity index (χ1) is 6.54. The molecule has 1 aromatic rings. The van der Waals surface area contributed by atoms with E-state index in [-0.39, 0.29) is 11.2 Å². The van der Waals surface area contributed by atoms with Gasteiger partial charge in [0.1, 0.15) is 0 Å². The van der Waals surface area contributed by atoms with Gasteiger partial charge in [-0.1, -0.05) is 13.8 Å². The van der Waals surface area contributed by atoms with Crippen molar-refractivity contribution in [3.63, 3.8) is 0 Å². The molecule has 0 saturated carbocycles. The third kappa shape index (κ3) is 1.24. The minimum Gasteiger partial charge on any atom is -0.494 e. The minimum absolute atomic E-state index is 0.0519. The Labute approximate surface area is 83.1 Å². The van der Waals surface area contributed by atoms with E-state index < -0.39 is 0 Å². The van der Waals surface area contributed by atoms with Crippen LogP contribution in [0.4, 0.5) is 10.1 Å². The number of halogens is 1. The van der Waals surface area contributed by atoms with Crippen LogP contribution in [0.15, 0.2) is 12.1 Å². The molecule has 0 atom stereocenters. The van der Waals surface area contributed by atoms with E-state index in [1.807, 2.05) is 0 Å². The third-order valence-corrected chi connectivity index (χ3v) is 2.74. The first-order valence-electron chi connectivity index (χ1n) is 4.66. The van der Waals surface area contributed by atoms with Crippen molar-refractivity contribution in [2.24, 2.45) is 0 Å². The fourth-order valence-corrected chi connectivity index (χ4v) is 1.83. The zero-order chi connectivity index (χ0) is 10.3. The number of rotatable bonds is 1. The quantitative estimate of drug-likeness (QED) is 0.743. The van der Waals surface area contributed by atoms with Crippen molar-refractivity contribution >= 4 is 5.69 Å². The smallest absolute Gasteiger partial charge is 0.167 e. The topological polar surface area (TPSA) is 21.3 Å². The van der Waals surface area contributed by atoms with Crippen LogP contribution in [-0.2, 0) is 5.41 Å². The Morgan fingerprint density at radius 3 is 2.79 bits per heavy atom. The predicted octanol–water partition coefficient (Wildman–Crippen LogP) is 2.54. The molecular formula is C11H14FNO. The zero-order valence-electron chi connectivity index (χ0n) is 8.65. The number of anilines is 1. The lowest BCUT2D eigenvalue weighted by atomic mass is 9.87. The highest BCUT2D eigenvalue weighted by Gasteiger charge is 2.30. The number of ether oxygens (including phenoxy) is 1. The molecule has 0 spiro atoms. The summed E-state index contributed by atoms with van der Waals surface area (Å²) in [5, 5.41) is 3.19. The van der Waals surface area contributed by atoms with Crippen molar-refractivity contribution in [3.05, 3.63) is 23.5 Å². The molecule has 0 fully saturated rings. The summed E-state index contributed by atoms with van der Waals surface area (Å²) in [5.74, 6) is 0.0111. The van der Waals surface area contributed by atoms with Crippen molar-refractivity contribution in [2.45, 2.75) is 19.3 Å². The fraction of sp³-hybridized carbons (Fsp3) is 0.455. The van der Waals surface area contributed by atoms with Crippen LogP contribution in [0.3, 0.4) is 0 Å². The predicted molar refractivity (Wildman–Crippen MR) is 54.5 cm³/mol. The van der Waals surface area contributed by atoms with Gasteiger partial charge in [-0.15, -0.1) is 0 Å². The van der Waals surface area contributed by atoms with Crippen molar-refractivity contribution in [1.29, 1.82) is 0 Å². The summed E-state index contributed by atoms with van der Waals surface area (Å²) in [6, 6.07) is 3.29. The maximum absolute atomic E-state index is 13.3. The van der Waals surface area contributed by atoms with Crippen LogP contribution in [0.5, 0.6) is 5.75 Å². The van der Waals surface area contributed by atoms with Gasteiger partial charge in [-0.05, 0) is 11.6 Å². The van der Waals surface area contributed by atoms with Crippen LogP contribution in [0.1, 0.15) is 19.4 Å². The monoisotopic (exact) mass is 195 g/mol. The fourth-order valence-electron chi connectivity index (χ4n) is 1.83. The third-order valence-electron chi connectivity index (χ3n) is 2.74. The van der Waals surface area contributed by atoms with Gasteiger partial charge < -0.3 is 10.1 Å². The second-order valence-corrected chi connectivity index (χ2v) is 4.27. The van der Waals surface area contributed by atoms with Crippen LogP contribution in [0.2, 0.25) is 0 Å². The van der Waals surface area contributed by atoms with E-state index in [1.54, 1.807) is 6.07 Å². The lowest BCUT2D eigenvalue weighted by Gasteiger charge is -2.17. The summed E-state index contributed by atoms with van der Waals surface area (Å²) >= 11 is 0. The Morgan fingerprint density at radius 1 is 1.43 bits per heavy atom. The summed E-state index contributed by atoms with van der Waals surface area (Å²) < 4.78 is 18.3. The molecule has 1 aliphatic heterocycles. The summed E-state index contributed by atoms with van der Waals surface area (Å²) in [6.07, 6.45) is 0. The van der Waals surface area contributed by atoms with Gasteiger partial charge in [0.05, 0.1) is 7.11 Å². The van der Waals surface area contributed by atoms with E-state index in [9.17, 15) is 4.39 Å². The Morgan fingerprint density at radius 2 is 2.14 bits per heavy atom. The normalized spacial score (nSPS) is 17.4. The van der Waals surface area contributed by atoms with Gasteiger partial charge in [0.25, 0.3) is 0 Å². The molecule has 0 radical (unpaired) electrons. The summed E-state index contributed by atoms with van der Waals surface area (Å²) in [6.45, 7) is 5.10. The molecule has 2 nitrogen and oxygen atoms in total. The van der Waals surface area contributed by atoms with Crippen molar-refractivity contribution in [1.82, 2.24) is 0 Å². The molecule has 2 rings (SSSR count). The van der Waals surface area contributed by atoms with Gasteiger partial charge in [0.15, 0.2) is 11.6 Å². The van der Waals surface area contributed by atoms with Crippen LogP contribution in [0, 0.1) is 5.82 Å². The van der Waals surface area contributed by atoms with Gasteiger partial charge in [-0.25, -0.2) is 4.39 Å². The molecule has 0 aliphatic carbocycles. The number of benzene rings is 1. The lowest BCUT2D eigenvalue weighted by Crippen LogP contribution is -2.18. The van der Waals surface area contributed by atoms with Crippen molar-refractivity contribution < 1.29 is 9.13 Å². The van der Waals surface area contributed by atoms with E-state index >= 15 is 0 Å². The highest BCUT2D eigenvalue weighted by molar-refractivity contribution is 5.62. The number of fused-ring (bicyclic) bond motifs is 1. The number of nitrogens with one attached hydrogen (secondary N) is 1. The highest BCUT2D eigenvalue weighted by Crippen LogP contribution is 2.39. The van der Waals surface area contributed by atoms with Crippen LogP contribution < -0.4 is 10.1 Å². The molecule has 0 amide bonds. The maximum atomic E-state index is 13.3. The van der Waals surface area contributed by atoms with E-state index in [1.165, 1.54) is 13.2 Å². The van der Waals surface area contributed by atoms with Gasteiger partial charge in [-0.3, -0.25) is 0 Å². The Kier molecular flexibility index (Phi) is 1.91. The summed E-state index contributed by atoms with van der Waals surface area (Å²) in [5.41, 5.74) is 2.06. The molecule has 14 heavy (non-hydrogen) atoms. The Balaban J connectivity index is 2.56. The standard InChI is InChI=1S/C11H14FNO/c1-11(2)6-13-9-5-8(12)10(14-3)4-7(9)11/h4-5,13H,6H2,1-3H3. The first-order valence-corrected chi connectivity index (χ1v) is 4.66. The van der Waals surface area contributed by atoms with E-state index in [4.69, 9.17) is 4.74 Å². The second-order valence-electron chi connectivity index (χ2n) is 4.27. The zero-order valence-corrected chi connectivity index (χ0v) is 8.65. The van der Waals surface area contributed by atoms with Crippen molar-refractivity contribution in [3.8, 4) is 5.75 Å². The SMILES string of the molecule is COc1cc2c(cc1F)NCC2(C)C. The molecule has 1 heterocycles. The van der Waals surface area contributed by atoms with Crippen LogP contribution >= 0.6 is 0 Å². The average molecular weight is 195 g/mol. The van der Waals surface area contributed by atoms with Gasteiger partial charge in [0, 0.05) is 23.7 Å². The molecule has 1 aromatic carbocycles. The summed E-state index contributed by atoms with van der Waals surface area (Å²) in [4.78, 5) is 0.